The van der Waals surface area contributed by atoms with E-state index >= 15 is 0 Å². The van der Waals surface area contributed by atoms with Crippen molar-refractivity contribution in [1.29, 1.82) is 0 Å². The van der Waals surface area contributed by atoms with E-state index in [0.29, 0.717) is 19.3 Å². The lowest BCUT2D eigenvalue weighted by molar-refractivity contribution is -0.151. The lowest BCUT2D eigenvalue weighted by atomic mass is 10.0. The second-order valence-electron chi connectivity index (χ2n) is 17.6. The minimum absolute atomic E-state index is 0.0813. The Bertz CT molecular complexity index is 863. The van der Waals surface area contributed by atoms with Crippen molar-refractivity contribution in [2.75, 3.05) is 6.61 Å². The first-order valence-electron chi connectivity index (χ1n) is 25.4. The van der Waals surface area contributed by atoms with Gasteiger partial charge in [-0.25, -0.2) is 0 Å². The molecule has 0 aromatic rings. The number of hydrogen-bond donors (Lipinski definition) is 3. The molecule has 0 rings (SSSR count). The van der Waals surface area contributed by atoms with Crippen molar-refractivity contribution in [3.63, 3.8) is 0 Å². The average molecular weight is 806 g/mol. The van der Waals surface area contributed by atoms with Crippen LogP contribution in [-0.2, 0) is 14.3 Å². The maximum Gasteiger partial charge on any atom is 0.306 e. The van der Waals surface area contributed by atoms with E-state index in [2.05, 4.69) is 38.2 Å². The lowest BCUT2D eigenvalue weighted by Gasteiger charge is -2.24. The summed E-state index contributed by atoms with van der Waals surface area (Å²) < 4.78 is 5.92. The summed E-state index contributed by atoms with van der Waals surface area (Å²) in [5.41, 5.74) is 0. The molecule has 0 aliphatic heterocycles. The van der Waals surface area contributed by atoms with Crippen molar-refractivity contribution in [3.8, 4) is 0 Å². The molecule has 338 valence electrons. The number of esters is 1. The van der Waals surface area contributed by atoms with E-state index in [0.717, 1.165) is 51.4 Å². The van der Waals surface area contributed by atoms with E-state index in [1.807, 2.05) is 0 Å². The van der Waals surface area contributed by atoms with Crippen molar-refractivity contribution >= 4 is 11.9 Å². The van der Waals surface area contributed by atoms with E-state index in [1.165, 1.54) is 180 Å². The number of carbonyl (C=O) groups excluding carboxylic acids is 2. The maximum absolute atomic E-state index is 13.2. The van der Waals surface area contributed by atoms with Crippen LogP contribution in [0.3, 0.4) is 0 Å². The van der Waals surface area contributed by atoms with Gasteiger partial charge in [0.05, 0.1) is 25.2 Å². The Morgan fingerprint density at radius 3 is 1.28 bits per heavy atom. The molecule has 3 N–H and O–H groups in total. The first-order chi connectivity index (χ1) is 28.0. The number of nitrogens with one attached hydrogen (secondary N) is 1. The molecule has 3 unspecified atom stereocenters. The molecule has 0 bridgehead atoms. The number of aliphatic hydroxyl groups is 2. The molecule has 57 heavy (non-hydrogen) atoms. The van der Waals surface area contributed by atoms with Gasteiger partial charge in [0.15, 0.2) is 0 Å². The third kappa shape index (κ3) is 41.1. The van der Waals surface area contributed by atoms with Gasteiger partial charge >= 0.3 is 5.97 Å². The van der Waals surface area contributed by atoms with E-state index in [-0.39, 0.29) is 24.9 Å². The van der Waals surface area contributed by atoms with E-state index in [1.54, 1.807) is 0 Å². The average Bonchev–Trinajstić information content (AvgIpc) is 3.20. The zero-order valence-electron chi connectivity index (χ0n) is 38.5. The molecule has 0 aliphatic rings. The van der Waals surface area contributed by atoms with Gasteiger partial charge in [-0.05, 0) is 51.4 Å². The molecule has 0 spiro atoms. The minimum Gasteiger partial charge on any atom is -0.462 e. The second-order valence-corrected chi connectivity index (χ2v) is 17.6. The highest BCUT2D eigenvalue weighted by Gasteiger charge is 2.24. The maximum atomic E-state index is 13.2. The summed E-state index contributed by atoms with van der Waals surface area (Å²) in [5, 5.41) is 23.7. The van der Waals surface area contributed by atoms with Crippen molar-refractivity contribution in [1.82, 2.24) is 5.32 Å². The van der Waals surface area contributed by atoms with Gasteiger partial charge in [-0.15, -0.1) is 0 Å². The Morgan fingerprint density at radius 1 is 0.491 bits per heavy atom. The van der Waals surface area contributed by atoms with E-state index in [4.69, 9.17) is 4.74 Å². The quantitative estimate of drug-likeness (QED) is 0.0323. The third-order valence-corrected chi connectivity index (χ3v) is 11.8. The van der Waals surface area contributed by atoms with E-state index < -0.39 is 18.2 Å². The van der Waals surface area contributed by atoms with Gasteiger partial charge in [-0.1, -0.05) is 226 Å². The molecular weight excluding hydrogens is 707 g/mol. The van der Waals surface area contributed by atoms with Crippen LogP contribution >= 0.6 is 0 Å². The molecule has 6 heteroatoms. The molecule has 0 saturated heterocycles. The largest absolute Gasteiger partial charge is 0.462 e. The molecule has 3 atom stereocenters. The number of rotatable bonds is 46. The zero-order valence-corrected chi connectivity index (χ0v) is 38.5. The van der Waals surface area contributed by atoms with Crippen LogP contribution in [-0.4, -0.2) is 46.9 Å². The van der Waals surface area contributed by atoms with Gasteiger partial charge < -0.3 is 20.3 Å². The van der Waals surface area contributed by atoms with Gasteiger partial charge in [0, 0.05) is 6.42 Å². The standard InChI is InChI=1S/C51H99NO5/c1-4-7-10-13-16-19-22-25-26-27-30-33-36-39-42-47(57-51(56)44-41-38-35-32-29-24-21-18-15-12-9-6-3)45-50(55)52-48(46-53)49(54)43-40-37-34-31-28-23-20-17-14-11-8-5-2/h18,21,47-49,53-54H,4-17,19-20,22-46H2,1-3H3,(H,52,55)/b21-18-. The summed E-state index contributed by atoms with van der Waals surface area (Å²) in [6.45, 7) is 6.47. The Kier molecular flexibility index (Phi) is 44.6. The molecule has 0 fully saturated rings. The summed E-state index contributed by atoms with van der Waals surface area (Å²) in [6.07, 6.45) is 49.8. The number of allylic oxidation sites excluding steroid dienone is 2. The van der Waals surface area contributed by atoms with Gasteiger partial charge in [0.1, 0.15) is 6.10 Å². The van der Waals surface area contributed by atoms with Gasteiger partial charge in [0.25, 0.3) is 0 Å². The predicted octanol–water partition coefficient (Wildman–Crippen LogP) is 15.0. The SMILES string of the molecule is CCCCC/C=C\CCCCCCCC(=O)OC(CCCCCCCCCCCCCCCC)CC(=O)NC(CO)C(O)CCCCCCCCCCCCCC. The monoisotopic (exact) mass is 806 g/mol. The Labute approximate surface area is 355 Å². The van der Waals surface area contributed by atoms with Gasteiger partial charge in [-0.2, -0.15) is 0 Å². The second kappa shape index (κ2) is 45.7. The Hall–Kier alpha value is -1.40. The van der Waals surface area contributed by atoms with Crippen molar-refractivity contribution in [2.24, 2.45) is 0 Å². The molecule has 0 aliphatic carbocycles. The van der Waals surface area contributed by atoms with Crippen LogP contribution in [0.25, 0.3) is 0 Å². The number of aliphatic hydroxyl groups excluding tert-OH is 2. The highest BCUT2D eigenvalue weighted by Crippen LogP contribution is 2.18. The molecular formula is C51H99NO5. The molecule has 0 radical (unpaired) electrons. The van der Waals surface area contributed by atoms with Crippen molar-refractivity contribution in [2.45, 2.75) is 296 Å². The normalized spacial score (nSPS) is 13.3. The number of unbranched alkanes of at least 4 members (excludes halogenated alkanes) is 32. The summed E-state index contributed by atoms with van der Waals surface area (Å²) in [4.78, 5) is 26.1. The van der Waals surface area contributed by atoms with Crippen LogP contribution in [0, 0.1) is 0 Å². The number of ether oxygens (including phenoxy) is 1. The van der Waals surface area contributed by atoms with Crippen LogP contribution in [0.15, 0.2) is 12.2 Å². The smallest absolute Gasteiger partial charge is 0.306 e. The fourth-order valence-electron chi connectivity index (χ4n) is 7.96. The predicted molar refractivity (Wildman–Crippen MR) is 246 cm³/mol. The highest BCUT2D eigenvalue weighted by molar-refractivity contribution is 5.77. The summed E-state index contributed by atoms with van der Waals surface area (Å²) in [5.74, 6) is -0.468. The van der Waals surface area contributed by atoms with Gasteiger partial charge in [0.2, 0.25) is 5.91 Å². The van der Waals surface area contributed by atoms with Gasteiger partial charge in [-0.3, -0.25) is 9.59 Å². The van der Waals surface area contributed by atoms with Crippen molar-refractivity contribution < 1.29 is 24.5 Å². The van der Waals surface area contributed by atoms with Crippen LogP contribution in [0.4, 0.5) is 0 Å². The summed E-state index contributed by atoms with van der Waals surface area (Å²) in [6, 6.07) is -0.695. The number of carbonyl (C=O) groups is 2. The van der Waals surface area contributed by atoms with Crippen LogP contribution < -0.4 is 5.32 Å². The fourth-order valence-corrected chi connectivity index (χ4v) is 7.96. The topological polar surface area (TPSA) is 95.9 Å². The van der Waals surface area contributed by atoms with Crippen LogP contribution in [0.1, 0.15) is 278 Å². The van der Waals surface area contributed by atoms with Crippen molar-refractivity contribution in [3.05, 3.63) is 12.2 Å². The van der Waals surface area contributed by atoms with Crippen LogP contribution in [0.5, 0.6) is 0 Å². The fraction of sp³-hybridized carbons (Fsp3) is 0.922. The lowest BCUT2D eigenvalue weighted by Crippen LogP contribution is -2.46. The molecule has 1 amide bonds. The molecule has 0 aromatic heterocycles. The van der Waals surface area contributed by atoms with Crippen LogP contribution in [0.2, 0.25) is 0 Å². The summed E-state index contributed by atoms with van der Waals surface area (Å²) in [7, 11) is 0. The van der Waals surface area contributed by atoms with E-state index in [9.17, 15) is 19.8 Å². The molecule has 6 nitrogen and oxygen atoms in total. The third-order valence-electron chi connectivity index (χ3n) is 11.8. The molecule has 0 heterocycles. The molecule has 0 aromatic carbocycles. The zero-order chi connectivity index (χ0) is 41.7. The number of amides is 1. The summed E-state index contributed by atoms with van der Waals surface area (Å²) >= 11 is 0. The Balaban J connectivity index is 4.55. The molecule has 0 saturated carbocycles. The first kappa shape index (κ1) is 55.6. The Morgan fingerprint density at radius 2 is 0.842 bits per heavy atom. The first-order valence-corrected chi connectivity index (χ1v) is 25.4. The minimum atomic E-state index is -0.782. The number of hydrogen-bond acceptors (Lipinski definition) is 5. The highest BCUT2D eigenvalue weighted by atomic mass is 16.5.